The largest absolute Gasteiger partial charge is 0.310 e. The van der Waals surface area contributed by atoms with Crippen LogP contribution in [-0.2, 0) is 0 Å². The highest BCUT2D eigenvalue weighted by molar-refractivity contribution is 6.21. The molecule has 0 aliphatic carbocycles. The molecule has 1 aromatic heterocycles. The molecule has 2 nitrogen and oxygen atoms in total. The maximum absolute atomic E-state index is 5.39. The number of para-hydroxylation sites is 1. The topological polar surface area (TPSA) is 16.1 Å². The van der Waals surface area contributed by atoms with Crippen molar-refractivity contribution in [2.24, 2.45) is 0 Å². The summed E-state index contributed by atoms with van der Waals surface area (Å²) in [5.41, 5.74) is 7.79. The molecule has 9 rings (SSSR count). The van der Waals surface area contributed by atoms with E-state index in [2.05, 4.69) is 175 Å². The molecule has 9 aromatic rings. The average Bonchev–Trinajstić information content (AvgIpc) is 3.11. The molecule has 45 heavy (non-hydrogen) atoms. The Hall–Kier alpha value is -5.99. The summed E-state index contributed by atoms with van der Waals surface area (Å²) in [5.74, 6) is 0. The Labute approximate surface area is 261 Å². The molecule has 8 aromatic carbocycles. The van der Waals surface area contributed by atoms with Crippen LogP contribution in [0.4, 0.5) is 17.1 Å². The third-order valence-electron chi connectivity index (χ3n) is 8.96. The molecule has 0 N–H and O–H groups in total. The van der Waals surface area contributed by atoms with Gasteiger partial charge in [-0.05, 0) is 63.5 Å². The van der Waals surface area contributed by atoms with Gasteiger partial charge in [0.1, 0.15) is 0 Å². The number of nitrogens with zero attached hydrogens (tertiary/aromatic N) is 2. The standard InChI is InChI=1S/C43H28N2/c1-2-16-34(17-3-1)45(36-24-21-29-11-4-5-14-32(29)27-36)35-18-10-15-33(28-35)41-39-25-22-30-12-6-8-19-37(30)42(39)44-43-38-20-9-7-13-31(38)23-26-40(41)43/h1-28H. The van der Waals surface area contributed by atoms with Gasteiger partial charge in [-0.1, -0.05) is 133 Å². The number of aromatic nitrogens is 1. The number of hydrogen-bond acceptors (Lipinski definition) is 2. The number of rotatable bonds is 4. The van der Waals surface area contributed by atoms with E-state index in [9.17, 15) is 0 Å². The van der Waals surface area contributed by atoms with Gasteiger partial charge in [0, 0.05) is 44.2 Å². The summed E-state index contributed by atoms with van der Waals surface area (Å²) in [5, 5.41) is 9.51. The normalized spacial score (nSPS) is 11.6. The van der Waals surface area contributed by atoms with Crippen molar-refractivity contribution in [2.45, 2.75) is 0 Å². The molecule has 0 radical (unpaired) electrons. The number of pyridine rings is 1. The van der Waals surface area contributed by atoms with Crippen LogP contribution in [0.1, 0.15) is 0 Å². The van der Waals surface area contributed by atoms with Crippen molar-refractivity contribution >= 4 is 71.2 Å². The van der Waals surface area contributed by atoms with Crippen molar-refractivity contribution in [1.29, 1.82) is 0 Å². The van der Waals surface area contributed by atoms with Gasteiger partial charge in [0.15, 0.2) is 0 Å². The second-order valence-electron chi connectivity index (χ2n) is 11.6. The fourth-order valence-electron chi connectivity index (χ4n) is 6.86. The summed E-state index contributed by atoms with van der Waals surface area (Å²) >= 11 is 0. The van der Waals surface area contributed by atoms with Crippen LogP contribution >= 0.6 is 0 Å². The van der Waals surface area contributed by atoms with E-state index in [1.54, 1.807) is 0 Å². The number of hydrogen-bond donors (Lipinski definition) is 0. The summed E-state index contributed by atoms with van der Waals surface area (Å²) in [6.45, 7) is 0. The van der Waals surface area contributed by atoms with Crippen LogP contribution in [-0.4, -0.2) is 4.98 Å². The van der Waals surface area contributed by atoms with Crippen LogP contribution < -0.4 is 4.90 Å². The van der Waals surface area contributed by atoms with Gasteiger partial charge in [-0.15, -0.1) is 0 Å². The molecular weight excluding hydrogens is 544 g/mol. The van der Waals surface area contributed by atoms with E-state index in [1.807, 2.05) is 0 Å². The summed E-state index contributed by atoms with van der Waals surface area (Å²) in [4.78, 5) is 7.74. The summed E-state index contributed by atoms with van der Waals surface area (Å²) < 4.78 is 0. The van der Waals surface area contributed by atoms with Crippen molar-refractivity contribution in [3.63, 3.8) is 0 Å². The molecule has 0 bridgehead atoms. The summed E-state index contributed by atoms with van der Waals surface area (Å²) in [7, 11) is 0. The molecule has 0 aliphatic heterocycles. The lowest BCUT2D eigenvalue weighted by atomic mass is 9.92. The molecule has 0 unspecified atom stereocenters. The van der Waals surface area contributed by atoms with Gasteiger partial charge in [0.25, 0.3) is 0 Å². The molecule has 0 saturated carbocycles. The van der Waals surface area contributed by atoms with Gasteiger partial charge in [0.05, 0.1) is 11.0 Å². The third-order valence-corrected chi connectivity index (χ3v) is 8.96. The highest BCUT2D eigenvalue weighted by Gasteiger charge is 2.18. The molecule has 1 heterocycles. The Morgan fingerprint density at radius 2 is 0.867 bits per heavy atom. The van der Waals surface area contributed by atoms with Crippen LogP contribution in [0.25, 0.3) is 65.3 Å². The molecular formula is C43H28N2. The van der Waals surface area contributed by atoms with Crippen LogP contribution in [0.15, 0.2) is 170 Å². The Balaban J connectivity index is 1.34. The Kier molecular flexibility index (Phi) is 5.85. The highest BCUT2D eigenvalue weighted by Crippen LogP contribution is 2.43. The minimum absolute atomic E-state index is 1.03. The lowest BCUT2D eigenvalue weighted by Gasteiger charge is -2.26. The molecule has 0 atom stereocenters. The van der Waals surface area contributed by atoms with Crippen molar-refractivity contribution in [1.82, 2.24) is 4.98 Å². The van der Waals surface area contributed by atoms with E-state index < -0.39 is 0 Å². The van der Waals surface area contributed by atoms with Gasteiger partial charge in [-0.25, -0.2) is 4.98 Å². The van der Waals surface area contributed by atoms with E-state index in [0.29, 0.717) is 0 Å². The van der Waals surface area contributed by atoms with Crippen molar-refractivity contribution < 1.29 is 0 Å². The molecule has 210 valence electrons. The minimum atomic E-state index is 1.03. The smallest absolute Gasteiger partial charge is 0.0794 e. The predicted molar refractivity (Wildman–Crippen MR) is 192 cm³/mol. The molecule has 2 heteroatoms. The minimum Gasteiger partial charge on any atom is -0.310 e. The second kappa shape index (κ2) is 10.3. The quantitative estimate of drug-likeness (QED) is 0.154. The fraction of sp³-hybridized carbons (Fsp3) is 0. The zero-order chi connectivity index (χ0) is 29.7. The van der Waals surface area contributed by atoms with Crippen LogP contribution in [0.3, 0.4) is 0 Å². The number of benzene rings is 8. The van der Waals surface area contributed by atoms with Crippen molar-refractivity contribution in [3.05, 3.63) is 170 Å². The van der Waals surface area contributed by atoms with Crippen molar-refractivity contribution in [3.8, 4) is 11.1 Å². The maximum Gasteiger partial charge on any atom is 0.0794 e. The van der Waals surface area contributed by atoms with Gasteiger partial charge in [0.2, 0.25) is 0 Å². The zero-order valence-corrected chi connectivity index (χ0v) is 24.6. The Morgan fingerprint density at radius 3 is 1.56 bits per heavy atom. The van der Waals surface area contributed by atoms with E-state index in [4.69, 9.17) is 4.98 Å². The first kappa shape index (κ1) is 25.5. The maximum atomic E-state index is 5.39. The van der Waals surface area contributed by atoms with Crippen LogP contribution in [0.5, 0.6) is 0 Å². The Morgan fingerprint density at radius 1 is 0.333 bits per heavy atom. The fourth-order valence-corrected chi connectivity index (χ4v) is 6.86. The van der Waals surface area contributed by atoms with Gasteiger partial charge >= 0.3 is 0 Å². The molecule has 0 spiro atoms. The number of anilines is 3. The predicted octanol–water partition coefficient (Wildman–Crippen LogP) is 12.0. The zero-order valence-electron chi connectivity index (χ0n) is 24.6. The number of fused-ring (bicyclic) bond motifs is 7. The van der Waals surface area contributed by atoms with E-state index in [-0.39, 0.29) is 0 Å². The SMILES string of the molecule is c1ccc(N(c2cccc(-c3c4ccc5ccccc5c4nc4c3ccc3ccccc34)c2)c2ccc3ccccc3c2)cc1. The second-order valence-corrected chi connectivity index (χ2v) is 11.6. The average molecular weight is 573 g/mol. The molecule has 0 saturated heterocycles. The van der Waals surface area contributed by atoms with E-state index in [0.717, 1.165) is 44.4 Å². The molecule has 0 amide bonds. The first-order valence-corrected chi connectivity index (χ1v) is 15.4. The molecule has 0 fully saturated rings. The summed E-state index contributed by atoms with van der Waals surface area (Å²) in [6, 6.07) is 61.0. The van der Waals surface area contributed by atoms with E-state index in [1.165, 1.54) is 37.9 Å². The lowest BCUT2D eigenvalue weighted by molar-refractivity contribution is 1.29. The van der Waals surface area contributed by atoms with Crippen LogP contribution in [0, 0.1) is 0 Å². The highest BCUT2D eigenvalue weighted by atomic mass is 15.1. The van der Waals surface area contributed by atoms with Crippen molar-refractivity contribution in [2.75, 3.05) is 4.90 Å². The van der Waals surface area contributed by atoms with Gasteiger partial charge in [-0.3, -0.25) is 0 Å². The Bertz CT molecular complexity index is 2460. The summed E-state index contributed by atoms with van der Waals surface area (Å²) in [6.07, 6.45) is 0. The van der Waals surface area contributed by atoms with Crippen LogP contribution in [0.2, 0.25) is 0 Å². The first-order valence-electron chi connectivity index (χ1n) is 15.4. The third kappa shape index (κ3) is 4.22. The monoisotopic (exact) mass is 572 g/mol. The first-order chi connectivity index (χ1) is 22.3. The molecule has 0 aliphatic rings. The lowest BCUT2D eigenvalue weighted by Crippen LogP contribution is -2.09. The van der Waals surface area contributed by atoms with E-state index >= 15 is 0 Å². The van der Waals surface area contributed by atoms with Gasteiger partial charge < -0.3 is 4.90 Å². The van der Waals surface area contributed by atoms with Gasteiger partial charge in [-0.2, -0.15) is 0 Å².